The average molecular weight is 436 g/mol. The van der Waals surface area contributed by atoms with Crippen LogP contribution in [0, 0.1) is 5.82 Å². The molecular weight excluding hydrogens is 417 g/mol. The van der Waals surface area contributed by atoms with Gasteiger partial charge in [-0.05, 0) is 36.2 Å². The first-order chi connectivity index (χ1) is 15.1. The fourth-order valence-corrected chi connectivity index (χ4v) is 4.25. The number of hydrogen-bond acceptors (Lipinski definition) is 3. The Morgan fingerprint density at radius 2 is 1.97 bits per heavy atom. The van der Waals surface area contributed by atoms with E-state index < -0.39 is 6.04 Å². The summed E-state index contributed by atoms with van der Waals surface area (Å²) in [7, 11) is 0. The van der Waals surface area contributed by atoms with Gasteiger partial charge in [-0.25, -0.2) is 9.37 Å². The van der Waals surface area contributed by atoms with Gasteiger partial charge >= 0.3 is 0 Å². The summed E-state index contributed by atoms with van der Waals surface area (Å²) >= 11 is 6.04. The maximum Gasteiger partial charge on any atom is 0.273 e. The third-order valence-electron chi connectivity index (χ3n) is 5.52. The minimum absolute atomic E-state index is 0.136. The van der Waals surface area contributed by atoms with Crippen molar-refractivity contribution in [2.45, 2.75) is 19.0 Å². The lowest BCUT2D eigenvalue weighted by Crippen LogP contribution is -2.31. The highest BCUT2D eigenvalue weighted by Crippen LogP contribution is 2.43. The molecule has 4 aromatic rings. The standard InChI is InChI=1S/C23H19ClFN5O/c24-17-7-5-15(6-8-17)20-19-21(28-27-20)23(31)30(11-2-10-29-12-9-26-14-29)22(19)16-3-1-4-18(25)13-16/h1,3-9,12-14,22H,2,10-11H2,(H,27,28). The largest absolute Gasteiger partial charge is 0.337 e. The van der Waals surface area contributed by atoms with E-state index in [0.717, 1.165) is 24.1 Å². The number of imidazole rings is 1. The molecule has 0 spiro atoms. The lowest BCUT2D eigenvalue weighted by molar-refractivity contribution is 0.0739. The van der Waals surface area contributed by atoms with Crippen molar-refractivity contribution < 1.29 is 9.18 Å². The third-order valence-corrected chi connectivity index (χ3v) is 5.77. The number of aromatic nitrogens is 4. The maximum atomic E-state index is 14.1. The van der Waals surface area contributed by atoms with Gasteiger partial charge < -0.3 is 9.47 Å². The molecule has 5 rings (SSSR count). The van der Waals surface area contributed by atoms with Gasteiger partial charge in [0.1, 0.15) is 11.5 Å². The molecule has 6 nitrogen and oxygen atoms in total. The molecule has 2 aromatic heterocycles. The predicted octanol–water partition coefficient (Wildman–Crippen LogP) is 4.70. The molecule has 0 aliphatic carbocycles. The van der Waals surface area contributed by atoms with E-state index >= 15 is 0 Å². The van der Waals surface area contributed by atoms with Crippen LogP contribution in [0.2, 0.25) is 5.02 Å². The topological polar surface area (TPSA) is 66.8 Å². The van der Waals surface area contributed by atoms with Gasteiger partial charge in [-0.2, -0.15) is 5.10 Å². The molecule has 0 radical (unpaired) electrons. The Hall–Kier alpha value is -3.45. The molecule has 0 saturated carbocycles. The molecule has 2 aromatic carbocycles. The highest BCUT2D eigenvalue weighted by atomic mass is 35.5. The van der Waals surface area contributed by atoms with Gasteiger partial charge in [0.2, 0.25) is 0 Å². The van der Waals surface area contributed by atoms with Crippen molar-refractivity contribution >= 4 is 17.5 Å². The Morgan fingerprint density at radius 3 is 2.71 bits per heavy atom. The number of amides is 1. The molecule has 0 bridgehead atoms. The minimum atomic E-state index is -0.426. The summed E-state index contributed by atoms with van der Waals surface area (Å²) in [6.45, 7) is 1.25. The predicted molar refractivity (Wildman–Crippen MR) is 115 cm³/mol. The van der Waals surface area contributed by atoms with Crippen LogP contribution in [0.25, 0.3) is 11.3 Å². The van der Waals surface area contributed by atoms with Crippen molar-refractivity contribution in [3.8, 4) is 11.3 Å². The zero-order valence-corrected chi connectivity index (χ0v) is 17.3. The first-order valence-electron chi connectivity index (χ1n) is 9.98. The van der Waals surface area contributed by atoms with E-state index in [1.165, 1.54) is 12.1 Å². The van der Waals surface area contributed by atoms with E-state index in [1.807, 2.05) is 29.0 Å². The molecular formula is C23H19ClFN5O. The number of halogens is 2. The molecule has 0 saturated heterocycles. The minimum Gasteiger partial charge on any atom is -0.337 e. The first-order valence-corrected chi connectivity index (χ1v) is 10.4. The van der Waals surface area contributed by atoms with Crippen molar-refractivity contribution in [3.05, 3.63) is 94.9 Å². The molecule has 31 heavy (non-hydrogen) atoms. The monoisotopic (exact) mass is 435 g/mol. The maximum absolute atomic E-state index is 14.1. The summed E-state index contributed by atoms with van der Waals surface area (Å²) in [5.41, 5.74) is 3.44. The molecule has 1 atom stereocenters. The van der Waals surface area contributed by atoms with Gasteiger partial charge in [-0.1, -0.05) is 35.9 Å². The highest BCUT2D eigenvalue weighted by molar-refractivity contribution is 6.30. The van der Waals surface area contributed by atoms with Gasteiger partial charge in [0.05, 0.1) is 18.1 Å². The molecule has 1 aliphatic rings. The van der Waals surface area contributed by atoms with Crippen LogP contribution in [0.4, 0.5) is 4.39 Å². The van der Waals surface area contributed by atoms with Gasteiger partial charge in [-0.15, -0.1) is 0 Å². The number of aryl methyl sites for hydroxylation is 1. The average Bonchev–Trinajstić information content (AvgIpc) is 3.48. The summed E-state index contributed by atoms with van der Waals surface area (Å²) in [4.78, 5) is 19.1. The lowest BCUT2D eigenvalue weighted by Gasteiger charge is -2.26. The number of fused-ring (bicyclic) bond motifs is 1. The Bertz CT molecular complexity index is 1220. The van der Waals surface area contributed by atoms with Crippen molar-refractivity contribution in [1.29, 1.82) is 0 Å². The Morgan fingerprint density at radius 1 is 1.13 bits per heavy atom. The summed E-state index contributed by atoms with van der Waals surface area (Å²) < 4.78 is 16.1. The van der Waals surface area contributed by atoms with Crippen molar-refractivity contribution in [3.63, 3.8) is 0 Å². The van der Waals surface area contributed by atoms with Crippen LogP contribution in [0.15, 0.2) is 67.3 Å². The second-order valence-corrected chi connectivity index (χ2v) is 7.91. The fraction of sp³-hybridized carbons (Fsp3) is 0.174. The number of carbonyl (C=O) groups excluding carboxylic acids is 1. The summed E-state index contributed by atoms with van der Waals surface area (Å²) in [6, 6.07) is 13.3. The molecule has 1 N–H and O–H groups in total. The SMILES string of the molecule is O=C1c2[nH]nc(-c3ccc(Cl)cc3)c2C(c2cccc(F)c2)N1CCCn1ccnc1. The number of nitrogens with zero attached hydrogens (tertiary/aromatic N) is 4. The zero-order chi connectivity index (χ0) is 21.4. The highest BCUT2D eigenvalue weighted by Gasteiger charge is 2.41. The molecule has 1 amide bonds. The Balaban J connectivity index is 1.53. The molecule has 1 unspecified atom stereocenters. The quantitative estimate of drug-likeness (QED) is 0.477. The second-order valence-electron chi connectivity index (χ2n) is 7.48. The van der Waals surface area contributed by atoms with E-state index in [4.69, 9.17) is 11.6 Å². The molecule has 1 aliphatic heterocycles. The Kier molecular flexibility index (Phi) is 5.03. The Labute approximate surface area is 183 Å². The van der Waals surface area contributed by atoms with Gasteiger partial charge in [0.15, 0.2) is 0 Å². The molecule has 3 heterocycles. The van der Waals surface area contributed by atoms with Gasteiger partial charge in [-0.3, -0.25) is 9.89 Å². The summed E-state index contributed by atoms with van der Waals surface area (Å²) in [5, 5.41) is 7.95. The van der Waals surface area contributed by atoms with Crippen LogP contribution in [-0.4, -0.2) is 37.1 Å². The molecule has 0 fully saturated rings. The fourth-order valence-electron chi connectivity index (χ4n) is 4.12. The van der Waals surface area contributed by atoms with Crippen LogP contribution in [-0.2, 0) is 6.54 Å². The van der Waals surface area contributed by atoms with Crippen LogP contribution in [0.3, 0.4) is 0 Å². The second kappa shape index (κ2) is 8.00. The van der Waals surface area contributed by atoms with Gasteiger partial charge in [0, 0.05) is 41.6 Å². The van der Waals surface area contributed by atoms with Crippen molar-refractivity contribution in [1.82, 2.24) is 24.6 Å². The summed E-state index contributed by atoms with van der Waals surface area (Å²) in [6.07, 6.45) is 6.11. The third kappa shape index (κ3) is 3.61. The normalized spacial score (nSPS) is 15.5. The van der Waals surface area contributed by atoms with Crippen molar-refractivity contribution in [2.24, 2.45) is 0 Å². The van der Waals surface area contributed by atoms with E-state index in [1.54, 1.807) is 35.6 Å². The number of aromatic amines is 1. The smallest absolute Gasteiger partial charge is 0.273 e. The van der Waals surface area contributed by atoms with Crippen LogP contribution >= 0.6 is 11.6 Å². The van der Waals surface area contributed by atoms with E-state index in [9.17, 15) is 9.18 Å². The number of rotatable bonds is 6. The molecule has 8 heteroatoms. The zero-order valence-electron chi connectivity index (χ0n) is 16.5. The lowest BCUT2D eigenvalue weighted by atomic mass is 9.96. The number of benzene rings is 2. The summed E-state index contributed by atoms with van der Waals surface area (Å²) in [5.74, 6) is -0.476. The molecule has 156 valence electrons. The first kappa shape index (κ1) is 19.5. The van der Waals surface area contributed by atoms with Crippen molar-refractivity contribution in [2.75, 3.05) is 6.54 Å². The number of H-pyrrole nitrogens is 1. The van der Waals surface area contributed by atoms with E-state index in [-0.39, 0.29) is 11.7 Å². The number of nitrogens with one attached hydrogen (secondary N) is 1. The van der Waals surface area contributed by atoms with Crippen LogP contribution < -0.4 is 0 Å². The van der Waals surface area contributed by atoms with E-state index in [0.29, 0.717) is 28.5 Å². The van der Waals surface area contributed by atoms with Crippen LogP contribution in [0.5, 0.6) is 0 Å². The van der Waals surface area contributed by atoms with E-state index in [2.05, 4.69) is 15.2 Å². The number of carbonyl (C=O) groups is 1. The van der Waals surface area contributed by atoms with Crippen LogP contribution in [0.1, 0.15) is 34.1 Å². The van der Waals surface area contributed by atoms with Gasteiger partial charge in [0.25, 0.3) is 5.91 Å². The number of hydrogen-bond donors (Lipinski definition) is 1.